The van der Waals surface area contributed by atoms with Crippen LogP contribution in [-0.4, -0.2) is 19.1 Å². The smallest absolute Gasteiger partial charge is 0.327 e. The van der Waals surface area contributed by atoms with Gasteiger partial charge in [0, 0.05) is 11.1 Å². The van der Waals surface area contributed by atoms with Crippen LogP contribution < -0.4 is 5.32 Å². The first-order valence-electron chi connectivity index (χ1n) is 5.30. The molecule has 16 heavy (non-hydrogen) atoms. The van der Waals surface area contributed by atoms with Gasteiger partial charge >= 0.3 is 5.97 Å². The maximum absolute atomic E-state index is 11.7. The maximum Gasteiger partial charge on any atom is 0.327 e. The van der Waals surface area contributed by atoms with Crippen molar-refractivity contribution in [3.05, 3.63) is 34.9 Å². The number of nitrogens with one attached hydrogen (secondary N) is 1. The number of carbonyl (C=O) groups is 1. The second-order valence-corrected chi connectivity index (χ2v) is 4.39. The standard InChI is InChI=1S/C12H14ClNO2/c1-16-12(15)11(14-10-5-6-10)8-3-2-4-9(13)7-8/h2-4,7,10-11,14H,5-6H2,1H3. The lowest BCUT2D eigenvalue weighted by Gasteiger charge is -2.16. The largest absolute Gasteiger partial charge is 0.468 e. The van der Waals surface area contributed by atoms with Gasteiger partial charge in [-0.2, -0.15) is 0 Å². The number of methoxy groups -OCH3 is 1. The molecule has 1 aliphatic rings. The molecule has 1 fully saturated rings. The highest BCUT2D eigenvalue weighted by molar-refractivity contribution is 6.30. The van der Waals surface area contributed by atoms with Crippen molar-refractivity contribution in [2.24, 2.45) is 0 Å². The molecule has 0 aliphatic heterocycles. The third kappa shape index (κ3) is 2.74. The minimum atomic E-state index is -0.406. The third-order valence-electron chi connectivity index (χ3n) is 2.60. The molecule has 1 aliphatic carbocycles. The number of halogens is 1. The van der Waals surface area contributed by atoms with Crippen molar-refractivity contribution >= 4 is 17.6 Å². The minimum Gasteiger partial charge on any atom is -0.468 e. The van der Waals surface area contributed by atoms with Crippen LogP contribution in [0.2, 0.25) is 5.02 Å². The number of benzene rings is 1. The summed E-state index contributed by atoms with van der Waals surface area (Å²) in [4.78, 5) is 11.7. The first-order chi connectivity index (χ1) is 7.70. The average Bonchev–Trinajstić information content (AvgIpc) is 3.08. The van der Waals surface area contributed by atoms with Crippen molar-refractivity contribution in [2.45, 2.75) is 24.9 Å². The SMILES string of the molecule is COC(=O)C(NC1CC1)c1cccc(Cl)c1. The number of esters is 1. The quantitative estimate of drug-likeness (QED) is 0.820. The lowest BCUT2D eigenvalue weighted by atomic mass is 10.1. The summed E-state index contributed by atoms with van der Waals surface area (Å²) >= 11 is 5.91. The summed E-state index contributed by atoms with van der Waals surface area (Å²) in [5.41, 5.74) is 0.853. The zero-order valence-electron chi connectivity index (χ0n) is 9.07. The Kier molecular flexibility index (Phi) is 3.46. The second-order valence-electron chi connectivity index (χ2n) is 3.95. The fraction of sp³-hybridized carbons (Fsp3) is 0.417. The van der Waals surface area contributed by atoms with Gasteiger partial charge in [0.15, 0.2) is 0 Å². The molecule has 1 saturated carbocycles. The maximum atomic E-state index is 11.7. The molecule has 1 aromatic rings. The molecule has 2 rings (SSSR count). The van der Waals surface area contributed by atoms with Gasteiger partial charge in [0.2, 0.25) is 0 Å². The summed E-state index contributed by atoms with van der Waals surface area (Å²) in [6.45, 7) is 0. The first-order valence-corrected chi connectivity index (χ1v) is 5.68. The number of rotatable bonds is 4. The normalized spacial score (nSPS) is 16.9. The van der Waals surface area contributed by atoms with Gasteiger partial charge in [0.05, 0.1) is 7.11 Å². The van der Waals surface area contributed by atoms with E-state index in [1.165, 1.54) is 7.11 Å². The molecule has 0 saturated heterocycles. The fourth-order valence-corrected chi connectivity index (χ4v) is 1.79. The van der Waals surface area contributed by atoms with Crippen molar-refractivity contribution in [3.63, 3.8) is 0 Å². The predicted molar refractivity (Wildman–Crippen MR) is 62.4 cm³/mol. The fourth-order valence-electron chi connectivity index (χ4n) is 1.59. The number of ether oxygens (including phenoxy) is 1. The zero-order valence-corrected chi connectivity index (χ0v) is 9.83. The summed E-state index contributed by atoms with van der Waals surface area (Å²) in [5.74, 6) is -0.269. The van der Waals surface area contributed by atoms with Crippen LogP contribution in [0.4, 0.5) is 0 Å². The van der Waals surface area contributed by atoms with E-state index in [1.807, 2.05) is 12.1 Å². The Bertz CT molecular complexity index is 390. The van der Waals surface area contributed by atoms with Crippen LogP contribution in [0.15, 0.2) is 24.3 Å². The Hall–Kier alpha value is -1.06. The summed E-state index contributed by atoms with van der Waals surface area (Å²) in [6, 6.07) is 7.32. The Labute approximate surface area is 99.7 Å². The van der Waals surface area contributed by atoms with Gasteiger partial charge in [-0.05, 0) is 30.5 Å². The molecule has 0 heterocycles. The van der Waals surface area contributed by atoms with Crippen LogP contribution in [-0.2, 0) is 9.53 Å². The molecule has 1 unspecified atom stereocenters. The van der Waals surface area contributed by atoms with Crippen LogP contribution in [0.1, 0.15) is 24.4 Å². The lowest BCUT2D eigenvalue weighted by molar-refractivity contribution is -0.143. The first kappa shape index (κ1) is 11.4. The molecular weight excluding hydrogens is 226 g/mol. The predicted octanol–water partition coefficient (Wildman–Crippen LogP) is 2.31. The Morgan fingerprint density at radius 1 is 1.56 bits per heavy atom. The van der Waals surface area contributed by atoms with E-state index < -0.39 is 6.04 Å². The Balaban J connectivity index is 2.19. The van der Waals surface area contributed by atoms with Crippen molar-refractivity contribution in [3.8, 4) is 0 Å². The van der Waals surface area contributed by atoms with Crippen LogP contribution in [0.3, 0.4) is 0 Å². The molecule has 86 valence electrons. The molecular formula is C12H14ClNO2. The summed E-state index contributed by atoms with van der Waals surface area (Å²) in [7, 11) is 1.40. The van der Waals surface area contributed by atoms with E-state index in [0.717, 1.165) is 18.4 Å². The molecule has 4 heteroatoms. The average molecular weight is 240 g/mol. The van der Waals surface area contributed by atoms with Gasteiger partial charge in [-0.3, -0.25) is 5.32 Å². The van der Waals surface area contributed by atoms with Crippen molar-refractivity contribution in [1.82, 2.24) is 5.32 Å². The summed E-state index contributed by atoms with van der Waals surface area (Å²) in [6.07, 6.45) is 2.24. The topological polar surface area (TPSA) is 38.3 Å². The van der Waals surface area contributed by atoms with E-state index in [9.17, 15) is 4.79 Å². The van der Waals surface area contributed by atoms with E-state index in [1.54, 1.807) is 12.1 Å². The van der Waals surface area contributed by atoms with Crippen LogP contribution >= 0.6 is 11.6 Å². The summed E-state index contributed by atoms with van der Waals surface area (Å²) < 4.78 is 4.79. The highest BCUT2D eigenvalue weighted by Gasteiger charge is 2.30. The van der Waals surface area contributed by atoms with Crippen molar-refractivity contribution < 1.29 is 9.53 Å². The molecule has 0 aromatic heterocycles. The molecule has 0 spiro atoms. The Morgan fingerprint density at radius 2 is 2.31 bits per heavy atom. The molecule has 0 amide bonds. The van der Waals surface area contributed by atoms with E-state index in [4.69, 9.17) is 16.3 Å². The van der Waals surface area contributed by atoms with Crippen LogP contribution in [0.5, 0.6) is 0 Å². The number of hydrogen-bond donors (Lipinski definition) is 1. The van der Waals surface area contributed by atoms with Crippen LogP contribution in [0, 0.1) is 0 Å². The van der Waals surface area contributed by atoms with Crippen molar-refractivity contribution in [1.29, 1.82) is 0 Å². The lowest BCUT2D eigenvalue weighted by Crippen LogP contribution is -2.31. The Morgan fingerprint density at radius 3 is 2.88 bits per heavy atom. The number of carbonyl (C=O) groups excluding carboxylic acids is 1. The van der Waals surface area contributed by atoms with E-state index in [2.05, 4.69) is 5.32 Å². The second kappa shape index (κ2) is 4.85. The van der Waals surface area contributed by atoms with E-state index in [0.29, 0.717) is 11.1 Å². The molecule has 1 atom stereocenters. The van der Waals surface area contributed by atoms with E-state index in [-0.39, 0.29) is 5.97 Å². The minimum absolute atomic E-state index is 0.269. The van der Waals surface area contributed by atoms with Gasteiger partial charge in [0.25, 0.3) is 0 Å². The molecule has 1 N–H and O–H groups in total. The monoisotopic (exact) mass is 239 g/mol. The van der Waals surface area contributed by atoms with E-state index >= 15 is 0 Å². The highest BCUT2D eigenvalue weighted by atomic mass is 35.5. The third-order valence-corrected chi connectivity index (χ3v) is 2.83. The zero-order chi connectivity index (χ0) is 11.5. The molecule has 0 bridgehead atoms. The van der Waals surface area contributed by atoms with Gasteiger partial charge in [-0.1, -0.05) is 23.7 Å². The van der Waals surface area contributed by atoms with Gasteiger partial charge in [0.1, 0.15) is 6.04 Å². The molecule has 1 aromatic carbocycles. The summed E-state index contributed by atoms with van der Waals surface area (Å²) in [5, 5.41) is 3.88. The molecule has 3 nitrogen and oxygen atoms in total. The highest BCUT2D eigenvalue weighted by Crippen LogP contribution is 2.26. The van der Waals surface area contributed by atoms with Crippen molar-refractivity contribution in [2.75, 3.05) is 7.11 Å². The van der Waals surface area contributed by atoms with Crippen LogP contribution in [0.25, 0.3) is 0 Å². The van der Waals surface area contributed by atoms with Gasteiger partial charge < -0.3 is 4.74 Å². The van der Waals surface area contributed by atoms with Gasteiger partial charge in [-0.15, -0.1) is 0 Å². The number of hydrogen-bond acceptors (Lipinski definition) is 3. The van der Waals surface area contributed by atoms with Gasteiger partial charge in [-0.25, -0.2) is 4.79 Å². The molecule has 0 radical (unpaired) electrons.